The second-order valence-corrected chi connectivity index (χ2v) is 12.7. The first kappa shape index (κ1) is 26.6. The second-order valence-electron chi connectivity index (χ2n) is 9.82. The second kappa shape index (κ2) is 10.9. The van der Waals surface area contributed by atoms with Crippen molar-refractivity contribution in [2.45, 2.75) is 64.8 Å². The Bertz CT molecular complexity index is 1340. The predicted octanol–water partition coefficient (Wildman–Crippen LogP) is 5.95. The van der Waals surface area contributed by atoms with Crippen molar-refractivity contribution in [3.05, 3.63) is 86.1 Å². The molecule has 5 nitrogen and oxygen atoms in total. The molecule has 1 amide bonds. The highest BCUT2D eigenvalue weighted by molar-refractivity contribution is 7.89. The normalized spacial score (nSPS) is 15.8. The fourth-order valence-electron chi connectivity index (χ4n) is 5.38. The number of carbonyl (C=O) groups is 1. The maximum atomic E-state index is 13.9. The Labute approximate surface area is 219 Å². The van der Waals surface area contributed by atoms with Gasteiger partial charge in [-0.05, 0) is 79.8 Å². The number of unbranched alkanes of at least 4 members (excludes halogenated alkanes) is 1. The Morgan fingerprint density at radius 1 is 1.03 bits per heavy atom. The third kappa shape index (κ3) is 5.15. The lowest BCUT2D eigenvalue weighted by Crippen LogP contribution is -2.47. The van der Waals surface area contributed by atoms with Crippen LogP contribution >= 0.6 is 11.3 Å². The van der Waals surface area contributed by atoms with E-state index in [2.05, 4.69) is 30.5 Å². The molecular formula is C29H36N2O3S2. The van der Waals surface area contributed by atoms with Crippen LogP contribution in [0.15, 0.2) is 52.7 Å². The molecule has 1 atom stereocenters. The summed E-state index contributed by atoms with van der Waals surface area (Å²) >= 11 is 1.73. The van der Waals surface area contributed by atoms with E-state index in [0.29, 0.717) is 24.4 Å². The summed E-state index contributed by atoms with van der Waals surface area (Å²) in [4.78, 5) is 17.4. The number of hydrogen-bond donors (Lipinski definition) is 0. The number of nitrogens with zero attached hydrogens (tertiary/aromatic N) is 2. The van der Waals surface area contributed by atoms with E-state index in [9.17, 15) is 13.2 Å². The van der Waals surface area contributed by atoms with Crippen molar-refractivity contribution in [2.24, 2.45) is 0 Å². The molecule has 1 aromatic heterocycles. The average Bonchev–Trinajstić information content (AvgIpc) is 3.29. The Balaban J connectivity index is 1.71. The number of thiophene rings is 1. The minimum absolute atomic E-state index is 0.151. The van der Waals surface area contributed by atoms with Crippen LogP contribution in [0.2, 0.25) is 0 Å². The van der Waals surface area contributed by atoms with Crippen LogP contribution < -0.4 is 0 Å². The highest BCUT2D eigenvalue weighted by Gasteiger charge is 2.36. The van der Waals surface area contributed by atoms with Gasteiger partial charge in [0.15, 0.2) is 0 Å². The van der Waals surface area contributed by atoms with Crippen molar-refractivity contribution >= 4 is 27.3 Å². The number of hydrogen-bond acceptors (Lipinski definition) is 4. The molecule has 0 bridgehead atoms. The van der Waals surface area contributed by atoms with E-state index < -0.39 is 10.0 Å². The van der Waals surface area contributed by atoms with E-state index in [4.69, 9.17) is 0 Å². The van der Waals surface area contributed by atoms with Crippen LogP contribution in [-0.4, -0.2) is 43.2 Å². The summed E-state index contributed by atoms with van der Waals surface area (Å²) in [5, 5.41) is 2.09. The van der Waals surface area contributed by atoms with Gasteiger partial charge in [-0.3, -0.25) is 4.79 Å². The summed E-state index contributed by atoms with van der Waals surface area (Å²) in [7, 11) is -3.84. The molecule has 3 aromatic rings. The van der Waals surface area contributed by atoms with Crippen molar-refractivity contribution < 1.29 is 13.2 Å². The molecule has 7 heteroatoms. The molecule has 1 aliphatic heterocycles. The van der Waals surface area contributed by atoms with Crippen LogP contribution in [0.3, 0.4) is 0 Å². The topological polar surface area (TPSA) is 57.7 Å². The van der Waals surface area contributed by atoms with Crippen LogP contribution in [0.4, 0.5) is 0 Å². The zero-order valence-corrected chi connectivity index (χ0v) is 23.5. The highest BCUT2D eigenvalue weighted by atomic mass is 32.2. The minimum Gasteiger partial charge on any atom is -0.330 e. The molecule has 2 heterocycles. The van der Waals surface area contributed by atoms with Gasteiger partial charge in [0.2, 0.25) is 15.9 Å². The Morgan fingerprint density at radius 2 is 1.72 bits per heavy atom. The molecule has 0 saturated carbocycles. The van der Waals surface area contributed by atoms with Gasteiger partial charge in [0, 0.05) is 18.0 Å². The van der Waals surface area contributed by atoms with Gasteiger partial charge in [-0.15, -0.1) is 11.3 Å². The van der Waals surface area contributed by atoms with Crippen molar-refractivity contribution in [3.8, 4) is 0 Å². The maximum Gasteiger partial charge on any atom is 0.244 e. The molecule has 1 aliphatic rings. The van der Waals surface area contributed by atoms with Crippen molar-refractivity contribution in [3.63, 3.8) is 0 Å². The molecule has 2 aromatic carbocycles. The molecule has 0 spiro atoms. The number of sulfonamides is 1. The van der Waals surface area contributed by atoms with E-state index in [0.717, 1.165) is 46.2 Å². The zero-order valence-electron chi connectivity index (χ0n) is 21.9. The molecule has 192 valence electrons. The van der Waals surface area contributed by atoms with Gasteiger partial charge in [-0.1, -0.05) is 55.3 Å². The van der Waals surface area contributed by atoms with Gasteiger partial charge in [0.05, 0.1) is 17.5 Å². The smallest absolute Gasteiger partial charge is 0.244 e. The zero-order chi connectivity index (χ0) is 26.0. The predicted molar refractivity (Wildman–Crippen MR) is 147 cm³/mol. The first-order valence-corrected chi connectivity index (χ1v) is 15.0. The van der Waals surface area contributed by atoms with Crippen molar-refractivity contribution in [2.75, 3.05) is 19.6 Å². The van der Waals surface area contributed by atoms with Gasteiger partial charge in [-0.25, -0.2) is 8.42 Å². The third-order valence-electron chi connectivity index (χ3n) is 7.04. The summed E-state index contributed by atoms with van der Waals surface area (Å²) in [6.07, 6.45) is 2.34. The van der Waals surface area contributed by atoms with Gasteiger partial charge >= 0.3 is 0 Å². The molecular weight excluding hydrogens is 488 g/mol. The Kier molecular flexibility index (Phi) is 8.03. The van der Waals surface area contributed by atoms with E-state index in [-0.39, 0.29) is 18.5 Å². The molecule has 0 N–H and O–H groups in total. The van der Waals surface area contributed by atoms with Gasteiger partial charge < -0.3 is 4.90 Å². The first-order valence-electron chi connectivity index (χ1n) is 12.6. The first-order chi connectivity index (χ1) is 17.1. The van der Waals surface area contributed by atoms with Gasteiger partial charge in [0.25, 0.3) is 0 Å². The summed E-state index contributed by atoms with van der Waals surface area (Å²) in [5.41, 5.74) is 5.85. The van der Waals surface area contributed by atoms with Crippen LogP contribution in [0, 0.1) is 27.7 Å². The number of aryl methyl sites for hydroxylation is 4. The lowest BCUT2D eigenvalue weighted by Gasteiger charge is -2.38. The average molecular weight is 525 g/mol. The summed E-state index contributed by atoms with van der Waals surface area (Å²) in [6, 6.07) is 13.9. The summed E-state index contributed by atoms with van der Waals surface area (Å²) in [6.45, 7) is 10.5. The van der Waals surface area contributed by atoms with Crippen molar-refractivity contribution in [1.82, 2.24) is 9.21 Å². The third-order valence-corrected chi connectivity index (χ3v) is 10.2. The molecule has 0 fully saturated rings. The summed E-state index contributed by atoms with van der Waals surface area (Å²) in [5.74, 6) is -0.151. The lowest BCUT2D eigenvalue weighted by molar-refractivity contribution is -0.133. The monoisotopic (exact) mass is 524 g/mol. The molecule has 1 unspecified atom stereocenters. The van der Waals surface area contributed by atoms with E-state index in [1.807, 2.05) is 56.9 Å². The fraction of sp³-hybridized carbons (Fsp3) is 0.414. The quantitative estimate of drug-likeness (QED) is 0.366. The van der Waals surface area contributed by atoms with Crippen LogP contribution in [-0.2, 0) is 21.2 Å². The molecule has 0 radical (unpaired) electrons. The Morgan fingerprint density at radius 3 is 2.39 bits per heavy atom. The molecule has 0 aliphatic carbocycles. The Hall–Kier alpha value is -2.48. The number of amides is 1. The number of benzene rings is 2. The molecule has 36 heavy (non-hydrogen) atoms. The van der Waals surface area contributed by atoms with E-state index >= 15 is 0 Å². The van der Waals surface area contributed by atoms with Gasteiger partial charge in [-0.2, -0.15) is 4.31 Å². The van der Waals surface area contributed by atoms with Crippen LogP contribution in [0.1, 0.15) is 64.1 Å². The number of fused-ring (bicyclic) bond motifs is 1. The van der Waals surface area contributed by atoms with Crippen LogP contribution in [0.5, 0.6) is 0 Å². The maximum absolute atomic E-state index is 13.9. The SMILES string of the molecule is CCCCN(CC(=O)N1CCc2sccc2C1c1ccccc1C)S(=O)(=O)c1c(C)cc(C)cc1C. The summed E-state index contributed by atoms with van der Waals surface area (Å²) < 4.78 is 29.3. The minimum atomic E-state index is -3.84. The number of carbonyl (C=O) groups excluding carboxylic acids is 1. The van der Waals surface area contributed by atoms with Gasteiger partial charge in [0.1, 0.15) is 0 Å². The number of rotatable bonds is 8. The van der Waals surface area contributed by atoms with Crippen LogP contribution in [0.25, 0.3) is 0 Å². The lowest BCUT2D eigenvalue weighted by atomic mass is 9.90. The van der Waals surface area contributed by atoms with E-state index in [1.165, 1.54) is 9.18 Å². The fourth-order valence-corrected chi connectivity index (χ4v) is 8.12. The van der Waals surface area contributed by atoms with Crippen molar-refractivity contribution in [1.29, 1.82) is 0 Å². The standard InChI is InChI=1S/C29H36N2O3S2/c1-6-7-14-30(36(33,34)29-22(4)17-20(2)18-23(29)5)19-27(32)31-15-12-26-25(13-16-35-26)28(31)24-11-9-8-10-21(24)3/h8-11,13,16-18,28H,6-7,12,14-15,19H2,1-5H3. The highest BCUT2D eigenvalue weighted by Crippen LogP contribution is 2.39. The molecule has 4 rings (SSSR count). The molecule has 0 saturated heterocycles. The largest absolute Gasteiger partial charge is 0.330 e. The van der Waals surface area contributed by atoms with E-state index in [1.54, 1.807) is 11.3 Å².